The van der Waals surface area contributed by atoms with Crippen molar-refractivity contribution in [3.8, 4) is 0 Å². The maximum absolute atomic E-state index is 11.5. The Morgan fingerprint density at radius 2 is 2.00 bits per heavy atom. The van der Waals surface area contributed by atoms with E-state index in [0.29, 0.717) is 4.90 Å². The molecule has 0 fully saturated rings. The molecule has 0 atom stereocenters. The third-order valence-corrected chi connectivity index (χ3v) is 4.04. The van der Waals surface area contributed by atoms with Crippen molar-refractivity contribution in [2.45, 2.75) is 23.6 Å². The van der Waals surface area contributed by atoms with Crippen molar-refractivity contribution in [1.82, 2.24) is 0 Å². The first kappa shape index (κ1) is 10.6. The number of benzene rings is 1. The van der Waals surface area contributed by atoms with Crippen LogP contribution in [-0.2, 0) is 9.84 Å². The van der Waals surface area contributed by atoms with Gasteiger partial charge < -0.3 is 0 Å². The zero-order valence-corrected chi connectivity index (χ0v) is 9.32. The first-order chi connectivity index (χ1) is 5.97. The molecule has 0 amide bonds. The lowest BCUT2D eigenvalue weighted by Crippen LogP contribution is -2.05. The number of hydrogen-bond donors (Lipinski definition) is 1. The van der Waals surface area contributed by atoms with E-state index in [4.69, 9.17) is 0 Å². The standard InChI is InChI=1S/C9H12O2S2/c1-3-13(10,11)9-5-4-8(12)6-7(9)2/h4-6,12H,3H2,1-2H3. The van der Waals surface area contributed by atoms with Gasteiger partial charge in [0, 0.05) is 4.90 Å². The Labute approximate surface area is 84.3 Å². The third-order valence-electron chi connectivity index (χ3n) is 1.87. The summed E-state index contributed by atoms with van der Waals surface area (Å²) in [5.41, 5.74) is 0.759. The average Bonchev–Trinajstić information content (AvgIpc) is 2.03. The Kier molecular flexibility index (Phi) is 3.03. The highest BCUT2D eigenvalue weighted by Gasteiger charge is 2.13. The third kappa shape index (κ3) is 2.25. The van der Waals surface area contributed by atoms with Gasteiger partial charge in [0.1, 0.15) is 0 Å². The number of hydrogen-bond acceptors (Lipinski definition) is 3. The average molecular weight is 216 g/mol. The minimum absolute atomic E-state index is 0.139. The van der Waals surface area contributed by atoms with Crippen LogP contribution in [0.5, 0.6) is 0 Å². The van der Waals surface area contributed by atoms with Gasteiger partial charge in [0.25, 0.3) is 0 Å². The Bertz CT molecular complexity index is 408. The second-order valence-corrected chi connectivity index (χ2v) is 5.62. The molecule has 72 valence electrons. The van der Waals surface area contributed by atoms with Crippen LogP contribution in [0.4, 0.5) is 0 Å². The predicted octanol–water partition coefficient (Wildman–Crippen LogP) is 2.08. The first-order valence-corrected chi connectivity index (χ1v) is 6.09. The molecule has 0 saturated heterocycles. The molecule has 0 radical (unpaired) electrons. The molecule has 0 aliphatic carbocycles. The zero-order valence-electron chi connectivity index (χ0n) is 7.61. The van der Waals surface area contributed by atoms with Crippen LogP contribution in [-0.4, -0.2) is 14.2 Å². The quantitative estimate of drug-likeness (QED) is 0.768. The molecule has 2 nitrogen and oxygen atoms in total. The van der Waals surface area contributed by atoms with E-state index in [1.807, 2.05) is 0 Å². The summed E-state index contributed by atoms with van der Waals surface area (Å²) in [5, 5.41) is 0. The van der Waals surface area contributed by atoms with Gasteiger partial charge in [-0.3, -0.25) is 0 Å². The van der Waals surface area contributed by atoms with Crippen molar-refractivity contribution in [2.75, 3.05) is 5.75 Å². The molecule has 0 unspecified atom stereocenters. The van der Waals surface area contributed by atoms with Gasteiger partial charge in [-0.25, -0.2) is 8.42 Å². The monoisotopic (exact) mass is 216 g/mol. The van der Waals surface area contributed by atoms with E-state index in [2.05, 4.69) is 12.6 Å². The molecule has 0 aliphatic heterocycles. The Hall–Kier alpha value is -0.480. The van der Waals surface area contributed by atoms with Crippen LogP contribution < -0.4 is 0 Å². The first-order valence-electron chi connectivity index (χ1n) is 3.99. The van der Waals surface area contributed by atoms with Crippen LogP contribution in [0.1, 0.15) is 12.5 Å². The lowest BCUT2D eigenvalue weighted by Gasteiger charge is -2.05. The van der Waals surface area contributed by atoms with Crippen molar-refractivity contribution in [2.24, 2.45) is 0 Å². The molecule has 1 aromatic carbocycles. The van der Waals surface area contributed by atoms with E-state index in [1.54, 1.807) is 32.0 Å². The molecule has 4 heteroatoms. The molecule has 13 heavy (non-hydrogen) atoms. The highest BCUT2D eigenvalue weighted by Crippen LogP contribution is 2.19. The van der Waals surface area contributed by atoms with E-state index in [0.717, 1.165) is 10.5 Å². The summed E-state index contributed by atoms with van der Waals surface area (Å²) < 4.78 is 23.0. The van der Waals surface area contributed by atoms with Crippen LogP contribution in [0.25, 0.3) is 0 Å². The number of sulfone groups is 1. The second kappa shape index (κ2) is 3.72. The van der Waals surface area contributed by atoms with Crippen molar-refractivity contribution in [3.05, 3.63) is 23.8 Å². The second-order valence-electron chi connectivity index (χ2n) is 2.85. The van der Waals surface area contributed by atoms with Crippen molar-refractivity contribution in [3.63, 3.8) is 0 Å². The summed E-state index contributed by atoms with van der Waals surface area (Å²) in [5.74, 6) is 0.139. The lowest BCUT2D eigenvalue weighted by molar-refractivity contribution is 0.596. The minimum atomic E-state index is -3.08. The summed E-state index contributed by atoms with van der Waals surface area (Å²) in [6, 6.07) is 5.06. The molecular weight excluding hydrogens is 204 g/mol. The minimum Gasteiger partial charge on any atom is -0.224 e. The fraction of sp³-hybridized carbons (Fsp3) is 0.333. The predicted molar refractivity (Wildman–Crippen MR) is 56.2 cm³/mol. The Morgan fingerprint density at radius 1 is 1.38 bits per heavy atom. The van der Waals surface area contributed by atoms with Gasteiger partial charge in [0.05, 0.1) is 10.6 Å². The highest BCUT2D eigenvalue weighted by atomic mass is 32.2. The van der Waals surface area contributed by atoms with Crippen LogP contribution in [0.15, 0.2) is 28.0 Å². The number of thiol groups is 1. The van der Waals surface area contributed by atoms with Gasteiger partial charge in [0.2, 0.25) is 0 Å². The van der Waals surface area contributed by atoms with Gasteiger partial charge in [-0.05, 0) is 30.7 Å². The summed E-state index contributed by atoms with van der Waals surface area (Å²) in [6.45, 7) is 3.42. The van der Waals surface area contributed by atoms with Gasteiger partial charge in [-0.1, -0.05) is 6.92 Å². The van der Waals surface area contributed by atoms with E-state index < -0.39 is 9.84 Å². The SMILES string of the molecule is CCS(=O)(=O)c1ccc(S)cc1C. The maximum atomic E-state index is 11.5. The van der Waals surface area contributed by atoms with Gasteiger partial charge >= 0.3 is 0 Å². The normalized spacial score (nSPS) is 11.6. The van der Waals surface area contributed by atoms with Crippen molar-refractivity contribution < 1.29 is 8.42 Å². The smallest absolute Gasteiger partial charge is 0.178 e. The Balaban J connectivity index is 3.33. The van der Waals surface area contributed by atoms with Crippen LogP contribution in [0.2, 0.25) is 0 Å². The zero-order chi connectivity index (χ0) is 10.1. The molecule has 0 spiro atoms. The maximum Gasteiger partial charge on any atom is 0.178 e. The molecule has 1 aromatic rings. The van der Waals surface area contributed by atoms with Gasteiger partial charge in [0.15, 0.2) is 9.84 Å². The molecule has 0 saturated carbocycles. The fourth-order valence-corrected chi connectivity index (χ4v) is 2.54. The van der Waals surface area contributed by atoms with E-state index in [-0.39, 0.29) is 5.75 Å². The van der Waals surface area contributed by atoms with Crippen molar-refractivity contribution in [1.29, 1.82) is 0 Å². The molecular formula is C9H12O2S2. The van der Waals surface area contributed by atoms with E-state index >= 15 is 0 Å². The van der Waals surface area contributed by atoms with Crippen LogP contribution in [0.3, 0.4) is 0 Å². The summed E-state index contributed by atoms with van der Waals surface area (Å²) in [4.78, 5) is 1.19. The summed E-state index contributed by atoms with van der Waals surface area (Å²) in [6.07, 6.45) is 0. The highest BCUT2D eigenvalue weighted by molar-refractivity contribution is 7.91. The largest absolute Gasteiger partial charge is 0.224 e. The molecule has 0 heterocycles. The van der Waals surface area contributed by atoms with Gasteiger partial charge in [-0.15, -0.1) is 12.6 Å². The number of rotatable bonds is 2. The molecule has 0 aromatic heterocycles. The number of aryl methyl sites for hydroxylation is 1. The van der Waals surface area contributed by atoms with Crippen molar-refractivity contribution >= 4 is 22.5 Å². The molecule has 0 bridgehead atoms. The topological polar surface area (TPSA) is 34.1 Å². The summed E-state index contributed by atoms with van der Waals surface area (Å²) in [7, 11) is -3.08. The Morgan fingerprint density at radius 3 is 2.46 bits per heavy atom. The lowest BCUT2D eigenvalue weighted by atomic mass is 10.2. The van der Waals surface area contributed by atoms with E-state index in [9.17, 15) is 8.42 Å². The molecule has 0 aliphatic rings. The van der Waals surface area contributed by atoms with Crippen LogP contribution >= 0.6 is 12.6 Å². The van der Waals surface area contributed by atoms with Gasteiger partial charge in [-0.2, -0.15) is 0 Å². The van der Waals surface area contributed by atoms with E-state index in [1.165, 1.54) is 0 Å². The fourth-order valence-electron chi connectivity index (χ4n) is 1.14. The molecule has 0 N–H and O–H groups in total. The summed E-state index contributed by atoms with van der Waals surface area (Å²) >= 11 is 4.13. The van der Waals surface area contributed by atoms with Crippen LogP contribution in [0, 0.1) is 6.92 Å². The molecule has 1 rings (SSSR count).